The number of ether oxygens (including phenoxy) is 4. The molecule has 0 N–H and O–H groups in total. The highest BCUT2D eigenvalue weighted by atomic mass is 35.5. The summed E-state index contributed by atoms with van der Waals surface area (Å²) >= 11 is 0. The van der Waals surface area contributed by atoms with Gasteiger partial charge in [0, 0.05) is 6.54 Å². The van der Waals surface area contributed by atoms with E-state index in [0.29, 0.717) is 29.9 Å². The molecule has 6 nitrogen and oxygen atoms in total. The smallest absolute Gasteiger partial charge is 0.161 e. The van der Waals surface area contributed by atoms with Gasteiger partial charge in [-0.2, -0.15) is 5.26 Å². The highest BCUT2D eigenvalue weighted by molar-refractivity contribution is 5.85. The Morgan fingerprint density at radius 1 is 0.941 bits per heavy atom. The van der Waals surface area contributed by atoms with Crippen LogP contribution in [-0.2, 0) is 11.8 Å². The van der Waals surface area contributed by atoms with Crippen molar-refractivity contribution in [3.05, 3.63) is 47.5 Å². The Morgan fingerprint density at radius 2 is 1.56 bits per heavy atom. The third kappa shape index (κ3) is 6.94. The minimum atomic E-state index is -2.82. The van der Waals surface area contributed by atoms with E-state index < -0.39 is 19.5 Å². The predicted molar refractivity (Wildman–Crippen MR) is 139 cm³/mol. The third-order valence-corrected chi connectivity index (χ3v) is 6.20. The van der Waals surface area contributed by atoms with Gasteiger partial charge in [0.2, 0.25) is 0 Å². The monoisotopic (exact) mass is 496 g/mol. The van der Waals surface area contributed by atoms with Crippen LogP contribution in [0.2, 0.25) is 0 Å². The van der Waals surface area contributed by atoms with Crippen molar-refractivity contribution in [2.75, 3.05) is 48.4 Å². The van der Waals surface area contributed by atoms with Gasteiger partial charge in [-0.05, 0) is 74.2 Å². The Hall–Kier alpha value is -2.62. The molecule has 7 heteroatoms. The van der Waals surface area contributed by atoms with E-state index in [4.69, 9.17) is 27.2 Å². The van der Waals surface area contributed by atoms with Crippen molar-refractivity contribution in [1.29, 1.82) is 5.26 Å². The highest BCUT2D eigenvalue weighted by Crippen LogP contribution is 2.40. The third-order valence-electron chi connectivity index (χ3n) is 6.20. The Balaban J connectivity index is 0.00000800. The Labute approximate surface area is 219 Å². The topological polar surface area (TPSA) is 64.0 Å². The Morgan fingerprint density at radius 3 is 2.18 bits per heavy atom. The van der Waals surface area contributed by atoms with Gasteiger partial charge in [-0.15, -0.1) is 12.4 Å². The molecule has 0 fully saturated rings. The first-order chi connectivity index (χ1) is 18.1. The molecular formula is C27H39ClN2O4. The zero-order chi connectivity index (χ0) is 29.4. The normalized spacial score (nSPS) is 15.8. The van der Waals surface area contributed by atoms with Crippen LogP contribution < -0.4 is 18.9 Å². The average molecular weight is 497 g/mol. The molecule has 0 saturated carbocycles. The molecule has 0 radical (unpaired) electrons. The van der Waals surface area contributed by atoms with Gasteiger partial charge in [-0.25, -0.2) is 0 Å². The van der Waals surface area contributed by atoms with Gasteiger partial charge in [0.25, 0.3) is 0 Å². The number of nitrogens with zero attached hydrogens (tertiary/aromatic N) is 2. The standard InChI is InChI=1S/C27H38N2O4.ClH/c1-20(2)27(19-28,22-10-12-24(31-5)26(18-22)33-7)14-8-15-29(3)16-13-21-9-11-23(30-4)25(17-21)32-6;/h9-12,17-18,20H,8,13-16H2,1-7H3;1H/t27-;/m0./s1/i5D3,7D3;. The van der Waals surface area contributed by atoms with Crippen LogP contribution in [-0.4, -0.2) is 53.3 Å². The fraction of sp³-hybridized carbons (Fsp3) is 0.519. The quantitative estimate of drug-likeness (QED) is 0.364. The van der Waals surface area contributed by atoms with E-state index in [9.17, 15) is 5.26 Å². The zero-order valence-electron chi connectivity index (χ0n) is 26.5. The van der Waals surface area contributed by atoms with Crippen LogP contribution >= 0.6 is 12.4 Å². The summed E-state index contributed by atoms with van der Waals surface area (Å²) in [6.07, 6.45) is 2.02. The number of rotatable bonds is 13. The Bertz CT molecular complexity index is 1140. The lowest BCUT2D eigenvalue weighted by Crippen LogP contribution is -2.32. The second-order valence-electron chi connectivity index (χ2n) is 8.45. The summed E-state index contributed by atoms with van der Waals surface area (Å²) < 4.78 is 65.3. The van der Waals surface area contributed by atoms with Crippen LogP contribution in [0.4, 0.5) is 0 Å². The first kappa shape index (κ1) is 20.7. The largest absolute Gasteiger partial charge is 0.493 e. The molecule has 2 rings (SSSR count). The number of likely N-dealkylation sites (N-methyl/N-ethyl adjacent to an activating group) is 1. The van der Waals surface area contributed by atoms with Gasteiger partial charge >= 0.3 is 0 Å². The van der Waals surface area contributed by atoms with Crippen molar-refractivity contribution in [3.8, 4) is 29.1 Å². The first-order valence-corrected chi connectivity index (χ1v) is 11.0. The van der Waals surface area contributed by atoms with E-state index in [1.165, 1.54) is 12.1 Å². The number of halogens is 1. The summed E-state index contributed by atoms with van der Waals surface area (Å²) in [5, 5.41) is 10.3. The summed E-state index contributed by atoms with van der Waals surface area (Å²) in [5.41, 5.74) is 0.717. The fourth-order valence-corrected chi connectivity index (χ4v) is 4.06. The van der Waals surface area contributed by atoms with Crippen molar-refractivity contribution >= 4 is 12.4 Å². The van der Waals surface area contributed by atoms with Crippen molar-refractivity contribution in [1.82, 2.24) is 4.90 Å². The molecular weight excluding hydrogens is 452 g/mol. The molecule has 0 saturated heterocycles. The van der Waals surface area contributed by atoms with Crippen molar-refractivity contribution in [2.24, 2.45) is 5.92 Å². The predicted octanol–water partition coefficient (Wildman–Crippen LogP) is 5.51. The minimum Gasteiger partial charge on any atom is -0.493 e. The maximum atomic E-state index is 10.3. The van der Waals surface area contributed by atoms with Crippen LogP contribution in [0, 0.1) is 17.2 Å². The molecule has 188 valence electrons. The number of benzene rings is 2. The van der Waals surface area contributed by atoms with Crippen molar-refractivity contribution < 1.29 is 27.2 Å². The minimum absolute atomic E-state index is 0. The van der Waals surface area contributed by atoms with Gasteiger partial charge in [0.1, 0.15) is 0 Å². The molecule has 2 aromatic rings. The van der Waals surface area contributed by atoms with Crippen LogP contribution in [0.3, 0.4) is 0 Å². The van der Waals surface area contributed by atoms with E-state index in [0.717, 1.165) is 25.1 Å². The number of methoxy groups -OCH3 is 4. The Kier molecular flexibility index (Phi) is 8.50. The molecule has 0 aromatic heterocycles. The van der Waals surface area contributed by atoms with E-state index in [1.54, 1.807) is 20.3 Å². The van der Waals surface area contributed by atoms with Gasteiger partial charge in [-0.1, -0.05) is 26.0 Å². The van der Waals surface area contributed by atoms with Crippen LogP contribution in [0.15, 0.2) is 36.4 Å². The summed E-state index contributed by atoms with van der Waals surface area (Å²) in [4.78, 5) is 2.19. The molecule has 2 aromatic carbocycles. The van der Waals surface area contributed by atoms with E-state index in [1.807, 2.05) is 39.1 Å². The van der Waals surface area contributed by atoms with Gasteiger partial charge in [0.05, 0.1) is 48.0 Å². The molecule has 0 aliphatic rings. The number of hydrogen-bond acceptors (Lipinski definition) is 6. The lowest BCUT2D eigenvalue weighted by atomic mass is 9.69. The van der Waals surface area contributed by atoms with Crippen molar-refractivity contribution in [3.63, 3.8) is 0 Å². The molecule has 0 aliphatic carbocycles. The van der Waals surface area contributed by atoms with Crippen LogP contribution in [0.5, 0.6) is 23.0 Å². The second kappa shape index (κ2) is 13.9. The summed E-state index contributed by atoms with van der Waals surface area (Å²) in [6, 6.07) is 12.7. The molecule has 34 heavy (non-hydrogen) atoms. The van der Waals surface area contributed by atoms with Crippen LogP contribution in [0.25, 0.3) is 0 Å². The van der Waals surface area contributed by atoms with Gasteiger partial charge in [-0.3, -0.25) is 0 Å². The molecule has 0 amide bonds. The average Bonchev–Trinajstić information content (AvgIpc) is 2.84. The number of nitriles is 1. The first-order valence-electron chi connectivity index (χ1n) is 14.0. The summed E-state index contributed by atoms with van der Waals surface area (Å²) in [5.74, 6) is 0.790. The van der Waals surface area contributed by atoms with Crippen molar-refractivity contribution in [2.45, 2.75) is 38.5 Å². The lowest BCUT2D eigenvalue weighted by molar-refractivity contribution is 0.292. The lowest BCUT2D eigenvalue weighted by Gasteiger charge is -2.32. The van der Waals surface area contributed by atoms with Gasteiger partial charge in [0.15, 0.2) is 23.0 Å². The van der Waals surface area contributed by atoms with Gasteiger partial charge < -0.3 is 23.8 Å². The summed E-state index contributed by atoms with van der Waals surface area (Å²) in [6.45, 7) is 5.40. The maximum absolute atomic E-state index is 10.3. The number of hydrogen-bond donors (Lipinski definition) is 0. The molecule has 0 bridgehead atoms. The fourth-order valence-electron chi connectivity index (χ4n) is 4.06. The van der Waals surface area contributed by atoms with E-state index >= 15 is 0 Å². The molecule has 0 unspecified atom stereocenters. The van der Waals surface area contributed by atoms with Crippen LogP contribution in [0.1, 0.15) is 46.0 Å². The molecule has 0 spiro atoms. The highest BCUT2D eigenvalue weighted by Gasteiger charge is 2.36. The van der Waals surface area contributed by atoms with E-state index in [-0.39, 0.29) is 29.8 Å². The second-order valence-corrected chi connectivity index (χ2v) is 8.45. The zero-order valence-corrected chi connectivity index (χ0v) is 21.3. The SMILES string of the molecule is Cl.[2H]C([2H])([2H])Oc1ccc([C@](C#N)(CCCN(C)CCc2ccc(OC)c(OC)c2)C(C)C)cc1OC([2H])([2H])[2H]. The maximum Gasteiger partial charge on any atom is 0.161 e. The molecule has 0 aliphatic heterocycles. The molecule has 0 heterocycles. The summed E-state index contributed by atoms with van der Waals surface area (Å²) in [7, 11) is -0.385. The molecule has 1 atom stereocenters. The van der Waals surface area contributed by atoms with E-state index in [2.05, 4.69) is 11.0 Å².